The van der Waals surface area contributed by atoms with E-state index in [0.29, 0.717) is 18.5 Å². The van der Waals surface area contributed by atoms with E-state index in [1.54, 1.807) is 25.6 Å². The zero-order valence-corrected chi connectivity index (χ0v) is 13.5. The van der Waals surface area contributed by atoms with Crippen molar-refractivity contribution in [3.05, 3.63) is 30.9 Å². The summed E-state index contributed by atoms with van der Waals surface area (Å²) in [6, 6.07) is 4.04. The summed E-state index contributed by atoms with van der Waals surface area (Å²) < 4.78 is 17.1. The fourth-order valence-electron chi connectivity index (χ4n) is 3.22. The first kappa shape index (κ1) is 15.1. The molecule has 2 aliphatic heterocycles. The third-order valence-electron chi connectivity index (χ3n) is 4.38. The Hall–Kier alpha value is -2.48. The number of hydrogen-bond acceptors (Lipinski definition) is 8. The van der Waals surface area contributed by atoms with E-state index >= 15 is 0 Å². The SMILES string of the molecule is COc1cc(N2CC3(C[C@@H](Oc4ncccn4)CCO3)C2)ncn1. The molecule has 1 spiro atoms. The minimum atomic E-state index is -0.185. The third kappa shape index (κ3) is 2.96. The summed E-state index contributed by atoms with van der Waals surface area (Å²) in [5.74, 6) is 1.42. The van der Waals surface area contributed by atoms with Gasteiger partial charge in [-0.05, 0) is 6.07 Å². The van der Waals surface area contributed by atoms with Gasteiger partial charge < -0.3 is 19.1 Å². The lowest BCUT2D eigenvalue weighted by molar-refractivity contribution is -0.127. The number of rotatable bonds is 4. The maximum absolute atomic E-state index is 6.04. The van der Waals surface area contributed by atoms with Crippen LogP contribution in [0.1, 0.15) is 12.8 Å². The van der Waals surface area contributed by atoms with Gasteiger partial charge in [0.2, 0.25) is 5.88 Å². The molecule has 2 aliphatic rings. The second-order valence-electron chi connectivity index (χ2n) is 6.07. The lowest BCUT2D eigenvalue weighted by Crippen LogP contribution is -2.66. The van der Waals surface area contributed by atoms with Crippen molar-refractivity contribution in [2.45, 2.75) is 24.5 Å². The van der Waals surface area contributed by atoms with Gasteiger partial charge in [0, 0.05) is 31.3 Å². The number of anilines is 1. The van der Waals surface area contributed by atoms with Gasteiger partial charge in [0.15, 0.2) is 0 Å². The molecule has 24 heavy (non-hydrogen) atoms. The van der Waals surface area contributed by atoms with Crippen molar-refractivity contribution < 1.29 is 14.2 Å². The average molecular weight is 329 g/mol. The first-order chi connectivity index (χ1) is 11.8. The molecule has 2 saturated heterocycles. The van der Waals surface area contributed by atoms with Crippen LogP contribution in [0.3, 0.4) is 0 Å². The van der Waals surface area contributed by atoms with E-state index in [9.17, 15) is 0 Å². The predicted octanol–water partition coefficient (Wildman–Crippen LogP) is 1.09. The first-order valence-corrected chi connectivity index (χ1v) is 7.95. The molecule has 2 aromatic heterocycles. The molecule has 0 N–H and O–H groups in total. The maximum Gasteiger partial charge on any atom is 0.316 e. The molecule has 0 radical (unpaired) electrons. The lowest BCUT2D eigenvalue weighted by atomic mass is 9.84. The minimum absolute atomic E-state index is 0.0724. The van der Waals surface area contributed by atoms with Crippen molar-refractivity contribution in [2.24, 2.45) is 0 Å². The zero-order valence-electron chi connectivity index (χ0n) is 13.5. The van der Waals surface area contributed by atoms with E-state index < -0.39 is 0 Å². The molecular formula is C16H19N5O3. The highest BCUT2D eigenvalue weighted by Gasteiger charge is 2.49. The molecule has 4 rings (SSSR count). The molecule has 1 atom stereocenters. The van der Waals surface area contributed by atoms with Crippen molar-refractivity contribution >= 4 is 5.82 Å². The fraction of sp³-hybridized carbons (Fsp3) is 0.500. The van der Waals surface area contributed by atoms with Crippen LogP contribution in [-0.4, -0.2) is 58.4 Å². The summed E-state index contributed by atoms with van der Waals surface area (Å²) >= 11 is 0. The van der Waals surface area contributed by atoms with Gasteiger partial charge in [-0.3, -0.25) is 0 Å². The van der Waals surface area contributed by atoms with E-state index in [1.165, 1.54) is 6.33 Å². The van der Waals surface area contributed by atoms with Crippen LogP contribution >= 0.6 is 0 Å². The molecular weight excluding hydrogens is 310 g/mol. The maximum atomic E-state index is 6.04. The number of methoxy groups -OCH3 is 1. The van der Waals surface area contributed by atoms with Crippen molar-refractivity contribution in [1.82, 2.24) is 19.9 Å². The standard InChI is InChI=1S/C16H19N5O3/c1-22-14-7-13(19-11-20-14)21-9-16(10-21)8-12(3-6-23-16)24-15-17-4-2-5-18-15/h2,4-5,7,11-12H,3,6,8-10H2,1H3/t12-/m0/s1. The Balaban J connectivity index is 1.38. The third-order valence-corrected chi connectivity index (χ3v) is 4.38. The second kappa shape index (κ2) is 6.20. The predicted molar refractivity (Wildman–Crippen MR) is 85.2 cm³/mol. The Bertz CT molecular complexity index is 693. The van der Waals surface area contributed by atoms with Crippen LogP contribution in [0.15, 0.2) is 30.9 Å². The van der Waals surface area contributed by atoms with E-state index in [2.05, 4.69) is 24.8 Å². The van der Waals surface area contributed by atoms with E-state index in [1.807, 2.05) is 6.07 Å². The second-order valence-corrected chi connectivity index (χ2v) is 6.07. The van der Waals surface area contributed by atoms with Crippen LogP contribution in [-0.2, 0) is 4.74 Å². The highest BCUT2D eigenvalue weighted by molar-refractivity contribution is 5.45. The van der Waals surface area contributed by atoms with Gasteiger partial charge in [0.05, 0.1) is 26.8 Å². The van der Waals surface area contributed by atoms with Gasteiger partial charge in [-0.25, -0.2) is 19.9 Å². The molecule has 2 aromatic rings. The largest absolute Gasteiger partial charge is 0.481 e. The van der Waals surface area contributed by atoms with Crippen LogP contribution in [0.4, 0.5) is 5.82 Å². The van der Waals surface area contributed by atoms with Crippen molar-refractivity contribution in [3.63, 3.8) is 0 Å². The van der Waals surface area contributed by atoms with E-state index in [-0.39, 0.29) is 11.7 Å². The summed E-state index contributed by atoms with van der Waals surface area (Å²) in [7, 11) is 1.60. The Morgan fingerprint density at radius 1 is 1.21 bits per heavy atom. The van der Waals surface area contributed by atoms with Crippen LogP contribution in [0.2, 0.25) is 0 Å². The van der Waals surface area contributed by atoms with Crippen LogP contribution < -0.4 is 14.4 Å². The minimum Gasteiger partial charge on any atom is -0.481 e. The molecule has 0 aromatic carbocycles. The topological polar surface area (TPSA) is 82.5 Å². The first-order valence-electron chi connectivity index (χ1n) is 7.95. The Kier molecular flexibility index (Phi) is 3.89. The molecule has 0 saturated carbocycles. The summed E-state index contributed by atoms with van der Waals surface area (Å²) in [5, 5.41) is 0. The summed E-state index contributed by atoms with van der Waals surface area (Å²) in [6.07, 6.45) is 6.63. The lowest BCUT2D eigenvalue weighted by Gasteiger charge is -2.53. The normalized spacial score (nSPS) is 22.0. The quantitative estimate of drug-likeness (QED) is 0.824. The van der Waals surface area contributed by atoms with Gasteiger partial charge >= 0.3 is 6.01 Å². The monoisotopic (exact) mass is 329 g/mol. The molecule has 0 bridgehead atoms. The molecule has 0 unspecified atom stereocenters. The smallest absolute Gasteiger partial charge is 0.316 e. The van der Waals surface area contributed by atoms with Crippen LogP contribution in [0.5, 0.6) is 11.9 Å². The summed E-state index contributed by atoms with van der Waals surface area (Å²) in [4.78, 5) is 18.8. The van der Waals surface area contributed by atoms with Crippen molar-refractivity contribution in [3.8, 4) is 11.9 Å². The average Bonchev–Trinajstić information content (AvgIpc) is 2.61. The van der Waals surface area contributed by atoms with Gasteiger partial charge in [-0.15, -0.1) is 0 Å². The van der Waals surface area contributed by atoms with Gasteiger partial charge in [-0.2, -0.15) is 0 Å². The Morgan fingerprint density at radius 2 is 2.04 bits per heavy atom. The van der Waals surface area contributed by atoms with Gasteiger partial charge in [0.25, 0.3) is 0 Å². The van der Waals surface area contributed by atoms with Crippen LogP contribution in [0, 0.1) is 0 Å². The van der Waals surface area contributed by atoms with E-state index in [0.717, 1.165) is 31.7 Å². The number of ether oxygens (including phenoxy) is 3. The molecule has 8 heteroatoms. The van der Waals surface area contributed by atoms with E-state index in [4.69, 9.17) is 14.2 Å². The van der Waals surface area contributed by atoms with Gasteiger partial charge in [0.1, 0.15) is 23.9 Å². The zero-order chi connectivity index (χ0) is 16.4. The Labute approximate surface area is 139 Å². The van der Waals surface area contributed by atoms with Gasteiger partial charge in [-0.1, -0.05) is 0 Å². The molecule has 0 amide bonds. The van der Waals surface area contributed by atoms with Crippen LogP contribution in [0.25, 0.3) is 0 Å². The summed E-state index contributed by atoms with van der Waals surface area (Å²) in [5.41, 5.74) is -0.185. The van der Waals surface area contributed by atoms with Crippen molar-refractivity contribution in [1.29, 1.82) is 0 Å². The molecule has 8 nitrogen and oxygen atoms in total. The highest BCUT2D eigenvalue weighted by Crippen LogP contribution is 2.37. The number of nitrogens with zero attached hydrogens (tertiary/aromatic N) is 5. The van der Waals surface area contributed by atoms with Crippen molar-refractivity contribution in [2.75, 3.05) is 31.7 Å². The molecule has 0 aliphatic carbocycles. The molecule has 126 valence electrons. The number of hydrogen-bond donors (Lipinski definition) is 0. The summed E-state index contributed by atoms with van der Waals surface area (Å²) in [6.45, 7) is 2.24. The molecule has 2 fully saturated rings. The number of aromatic nitrogens is 4. The Morgan fingerprint density at radius 3 is 2.83 bits per heavy atom. The highest BCUT2D eigenvalue weighted by atomic mass is 16.5. The fourth-order valence-corrected chi connectivity index (χ4v) is 3.22. The molecule has 4 heterocycles.